The first-order chi connectivity index (χ1) is 8.00. The van der Waals surface area contributed by atoms with Crippen molar-refractivity contribution >= 4 is 63.7 Å². The molecule has 17 heavy (non-hydrogen) atoms. The minimum absolute atomic E-state index is 1.06. The van der Waals surface area contributed by atoms with Gasteiger partial charge in [-0.2, -0.15) is 0 Å². The van der Waals surface area contributed by atoms with Crippen molar-refractivity contribution < 1.29 is 0 Å². The summed E-state index contributed by atoms with van der Waals surface area (Å²) in [4.78, 5) is 0. The highest BCUT2D eigenvalue weighted by atomic mass is 79.9. The van der Waals surface area contributed by atoms with E-state index in [1.54, 1.807) is 0 Å². The van der Waals surface area contributed by atoms with Gasteiger partial charge in [-0.3, -0.25) is 0 Å². The van der Waals surface area contributed by atoms with E-state index in [2.05, 4.69) is 101 Å². The third-order valence-electron chi connectivity index (χ3n) is 2.57. The zero-order valence-corrected chi connectivity index (χ0v) is 15.2. The maximum atomic E-state index is 3.59. The Kier molecular flexibility index (Phi) is 4.50. The molecule has 0 heterocycles. The van der Waals surface area contributed by atoms with Gasteiger partial charge in [0.05, 0.1) is 0 Å². The summed E-state index contributed by atoms with van der Waals surface area (Å²) in [5, 5.41) is 0. The lowest BCUT2D eigenvalue weighted by atomic mass is 10.0. The molecule has 0 saturated carbocycles. The first kappa shape index (κ1) is 13.8. The van der Waals surface area contributed by atoms with Crippen LogP contribution < -0.4 is 0 Å². The van der Waals surface area contributed by atoms with E-state index in [1.165, 1.54) is 16.7 Å². The Hall–Kier alpha value is 0.360. The average Bonchev–Trinajstić information content (AvgIpc) is 2.30. The Morgan fingerprint density at radius 3 is 2.06 bits per heavy atom. The third-order valence-corrected chi connectivity index (χ3v) is 6.66. The monoisotopic (exact) mass is 480 g/mol. The van der Waals surface area contributed by atoms with Crippen LogP contribution in [0.5, 0.6) is 0 Å². The second kappa shape index (κ2) is 5.55. The molecule has 0 nitrogen and oxygen atoms in total. The van der Waals surface area contributed by atoms with Gasteiger partial charge in [0.25, 0.3) is 0 Å². The molecule has 0 amide bonds. The van der Waals surface area contributed by atoms with Gasteiger partial charge >= 0.3 is 0 Å². The Morgan fingerprint density at radius 1 is 0.765 bits per heavy atom. The van der Waals surface area contributed by atoms with Gasteiger partial charge in [0, 0.05) is 17.9 Å². The van der Waals surface area contributed by atoms with E-state index in [4.69, 9.17) is 0 Å². The molecule has 0 bridgehead atoms. The van der Waals surface area contributed by atoms with E-state index in [9.17, 15) is 0 Å². The summed E-state index contributed by atoms with van der Waals surface area (Å²) in [6.45, 7) is 2.11. The minimum atomic E-state index is 1.06. The lowest BCUT2D eigenvalue weighted by Gasteiger charge is -2.10. The number of hydrogen-bond acceptors (Lipinski definition) is 0. The summed E-state index contributed by atoms with van der Waals surface area (Å²) in [5.41, 5.74) is 3.66. The van der Waals surface area contributed by atoms with Gasteiger partial charge in [-0.15, -0.1) is 0 Å². The fourth-order valence-corrected chi connectivity index (χ4v) is 3.03. The van der Waals surface area contributed by atoms with Crippen LogP contribution in [0, 0.1) is 6.92 Å². The molecule has 0 aliphatic heterocycles. The fourth-order valence-electron chi connectivity index (χ4n) is 1.63. The van der Waals surface area contributed by atoms with Crippen LogP contribution in [-0.4, -0.2) is 0 Å². The molecule has 4 heteroatoms. The van der Waals surface area contributed by atoms with E-state index in [-0.39, 0.29) is 0 Å². The molecule has 0 aliphatic carbocycles. The van der Waals surface area contributed by atoms with Gasteiger partial charge < -0.3 is 0 Å². The van der Waals surface area contributed by atoms with Crippen molar-refractivity contribution in [3.05, 3.63) is 53.8 Å². The third kappa shape index (κ3) is 2.86. The topological polar surface area (TPSA) is 0 Å². The Morgan fingerprint density at radius 2 is 1.41 bits per heavy atom. The smallest absolute Gasteiger partial charge is 0.0352 e. The molecule has 0 atom stereocenters. The van der Waals surface area contributed by atoms with E-state index in [0.717, 1.165) is 17.9 Å². The molecule has 2 aromatic rings. The molecule has 0 aliphatic rings. The molecule has 0 fully saturated rings. The van der Waals surface area contributed by atoms with Crippen molar-refractivity contribution in [2.75, 3.05) is 0 Å². The van der Waals surface area contributed by atoms with Gasteiger partial charge in [-0.1, -0.05) is 12.1 Å². The Labute approximate surface area is 134 Å². The molecule has 0 unspecified atom stereocenters. The highest BCUT2D eigenvalue weighted by Gasteiger charge is 2.08. The van der Waals surface area contributed by atoms with E-state index >= 15 is 0 Å². The minimum Gasteiger partial charge on any atom is -0.0532 e. The van der Waals surface area contributed by atoms with Crippen LogP contribution in [0.2, 0.25) is 0 Å². The van der Waals surface area contributed by atoms with Crippen LogP contribution in [0.15, 0.2) is 48.2 Å². The van der Waals surface area contributed by atoms with Gasteiger partial charge in [-0.05, 0) is 106 Å². The number of hydrogen-bond donors (Lipinski definition) is 0. The highest BCUT2D eigenvalue weighted by Crippen LogP contribution is 2.36. The Balaban J connectivity index is 2.61. The van der Waals surface area contributed by atoms with Crippen LogP contribution in [0.4, 0.5) is 0 Å². The van der Waals surface area contributed by atoms with Gasteiger partial charge in [-0.25, -0.2) is 0 Å². The summed E-state index contributed by atoms with van der Waals surface area (Å²) >= 11 is 14.1. The summed E-state index contributed by atoms with van der Waals surface area (Å²) in [6.07, 6.45) is 0. The normalized spacial score (nSPS) is 10.6. The summed E-state index contributed by atoms with van der Waals surface area (Å²) < 4.78 is 4.31. The number of rotatable bonds is 1. The molecule has 88 valence electrons. The van der Waals surface area contributed by atoms with Crippen molar-refractivity contribution in [2.24, 2.45) is 0 Å². The summed E-state index contributed by atoms with van der Waals surface area (Å²) in [7, 11) is 0. The van der Waals surface area contributed by atoms with Crippen molar-refractivity contribution in [1.29, 1.82) is 0 Å². The molecule has 0 saturated heterocycles. The van der Waals surface area contributed by atoms with Crippen molar-refractivity contribution in [3.63, 3.8) is 0 Å². The molecule has 0 spiro atoms. The predicted molar refractivity (Wildman–Crippen MR) is 87.4 cm³/mol. The lowest BCUT2D eigenvalue weighted by molar-refractivity contribution is 1.39. The lowest BCUT2D eigenvalue weighted by Crippen LogP contribution is -1.86. The molecule has 2 aromatic carbocycles. The van der Waals surface area contributed by atoms with Crippen LogP contribution in [-0.2, 0) is 0 Å². The summed E-state index contributed by atoms with van der Waals surface area (Å²) in [5.74, 6) is 0. The largest absolute Gasteiger partial charge is 0.0532 e. The predicted octanol–water partition coefficient (Wildman–Crippen LogP) is 6.71. The molecule has 0 radical (unpaired) electrons. The first-order valence-corrected chi connectivity index (χ1v) is 8.08. The van der Waals surface area contributed by atoms with Crippen molar-refractivity contribution in [2.45, 2.75) is 6.92 Å². The fraction of sp³-hybridized carbons (Fsp3) is 0.0769. The summed E-state index contributed by atoms with van der Waals surface area (Å²) in [6, 6.07) is 10.5. The maximum absolute atomic E-state index is 3.59. The Bertz CT molecular complexity index is 576. The van der Waals surface area contributed by atoms with Crippen LogP contribution in [0.1, 0.15) is 5.56 Å². The zero-order valence-electron chi connectivity index (χ0n) is 8.90. The zero-order chi connectivity index (χ0) is 12.6. The van der Waals surface area contributed by atoms with Crippen molar-refractivity contribution in [3.8, 4) is 11.1 Å². The highest BCUT2D eigenvalue weighted by molar-refractivity contribution is 9.13. The first-order valence-electron chi connectivity index (χ1n) is 4.90. The second-order valence-corrected chi connectivity index (χ2v) is 7.02. The van der Waals surface area contributed by atoms with E-state index < -0.39 is 0 Å². The maximum Gasteiger partial charge on any atom is 0.0352 e. The van der Waals surface area contributed by atoms with Crippen LogP contribution in [0.25, 0.3) is 11.1 Å². The second-order valence-electron chi connectivity index (χ2n) is 3.66. The van der Waals surface area contributed by atoms with E-state index in [1.807, 2.05) is 0 Å². The van der Waals surface area contributed by atoms with Gasteiger partial charge in [0.15, 0.2) is 0 Å². The molecular formula is C13H8Br4. The molecular weight excluding hydrogens is 476 g/mol. The molecule has 0 aromatic heterocycles. The number of benzene rings is 2. The van der Waals surface area contributed by atoms with Crippen LogP contribution in [0.3, 0.4) is 0 Å². The quantitative estimate of drug-likeness (QED) is 0.423. The van der Waals surface area contributed by atoms with E-state index in [0.29, 0.717) is 0 Å². The van der Waals surface area contributed by atoms with Crippen LogP contribution >= 0.6 is 63.7 Å². The van der Waals surface area contributed by atoms with Gasteiger partial charge in [0.1, 0.15) is 0 Å². The number of halogens is 4. The SMILES string of the molecule is Cc1c(-c2ccc(Br)c(Br)c2)ccc(Br)c1Br. The van der Waals surface area contributed by atoms with Crippen molar-refractivity contribution in [1.82, 2.24) is 0 Å². The molecule has 0 N–H and O–H groups in total. The average molecular weight is 484 g/mol. The molecule has 2 rings (SSSR count). The van der Waals surface area contributed by atoms with Gasteiger partial charge in [0.2, 0.25) is 0 Å². The standard InChI is InChI=1S/C13H8Br4/c1-7-9(3-5-11(15)13(7)17)8-2-4-10(14)12(16)6-8/h2-6H,1H3.